The van der Waals surface area contributed by atoms with E-state index in [1.807, 2.05) is 0 Å². The molecule has 0 radical (unpaired) electrons. The lowest BCUT2D eigenvalue weighted by Crippen LogP contribution is -2.43. The molecule has 4 nitrogen and oxygen atoms in total. The van der Waals surface area contributed by atoms with Gasteiger partial charge in [0.1, 0.15) is 0 Å². The lowest BCUT2D eigenvalue weighted by Gasteiger charge is -2.31. The van der Waals surface area contributed by atoms with Crippen LogP contribution in [-0.4, -0.2) is 37.6 Å². The molecular weight excluding hydrogens is 200 g/mol. The third kappa shape index (κ3) is 1.94. The maximum atomic E-state index is 11.9. The van der Waals surface area contributed by atoms with Gasteiger partial charge in [-0.1, -0.05) is 0 Å². The Kier molecular flexibility index (Phi) is 2.81. The summed E-state index contributed by atoms with van der Waals surface area (Å²) in [5.74, 6) is 0.372. The van der Waals surface area contributed by atoms with E-state index in [2.05, 4.69) is 0 Å². The van der Waals surface area contributed by atoms with Crippen LogP contribution in [0.25, 0.3) is 0 Å². The van der Waals surface area contributed by atoms with Gasteiger partial charge in [-0.15, -0.1) is 0 Å². The molecular formula is C9H18N2O2S. The monoisotopic (exact) mass is 218 g/mol. The van der Waals surface area contributed by atoms with E-state index in [4.69, 9.17) is 5.73 Å². The van der Waals surface area contributed by atoms with Gasteiger partial charge in [0, 0.05) is 13.1 Å². The number of hydrogen-bond donors (Lipinski definition) is 1. The predicted octanol–water partition coefficient (Wildman–Crippen LogP) is 0.149. The van der Waals surface area contributed by atoms with Crippen LogP contribution in [0.3, 0.4) is 0 Å². The maximum absolute atomic E-state index is 11.9. The summed E-state index contributed by atoms with van der Waals surface area (Å²) in [6.45, 7) is 1.96. The SMILES string of the molecule is NCC1CCCN(S(=O)(=O)C2CC2)C1. The van der Waals surface area contributed by atoms with Crippen LogP contribution < -0.4 is 5.73 Å². The fourth-order valence-corrected chi connectivity index (χ4v) is 3.98. The van der Waals surface area contributed by atoms with Crippen LogP contribution in [0.5, 0.6) is 0 Å². The second-order valence-corrected chi connectivity index (χ2v) is 6.56. The molecule has 1 unspecified atom stereocenters. The Labute approximate surface area is 85.5 Å². The van der Waals surface area contributed by atoms with Crippen LogP contribution in [0.4, 0.5) is 0 Å². The zero-order chi connectivity index (χ0) is 10.2. The third-order valence-corrected chi connectivity index (χ3v) is 5.49. The summed E-state index contributed by atoms with van der Waals surface area (Å²) in [5.41, 5.74) is 5.58. The Bertz CT molecular complexity index is 298. The predicted molar refractivity (Wildman–Crippen MR) is 55.3 cm³/mol. The van der Waals surface area contributed by atoms with Gasteiger partial charge in [0.15, 0.2) is 0 Å². The Morgan fingerprint density at radius 2 is 2.00 bits per heavy atom. The molecule has 1 heterocycles. The summed E-state index contributed by atoms with van der Waals surface area (Å²) in [4.78, 5) is 0. The van der Waals surface area contributed by atoms with Crippen LogP contribution in [0.1, 0.15) is 25.7 Å². The highest BCUT2D eigenvalue weighted by atomic mass is 32.2. The first-order valence-electron chi connectivity index (χ1n) is 5.33. The number of hydrogen-bond acceptors (Lipinski definition) is 3. The maximum Gasteiger partial charge on any atom is 0.216 e. The topological polar surface area (TPSA) is 63.4 Å². The molecule has 1 aliphatic heterocycles. The van der Waals surface area contributed by atoms with Crippen LogP contribution in [-0.2, 0) is 10.0 Å². The zero-order valence-electron chi connectivity index (χ0n) is 8.35. The highest BCUT2D eigenvalue weighted by molar-refractivity contribution is 7.90. The van der Waals surface area contributed by atoms with E-state index >= 15 is 0 Å². The molecule has 0 aromatic carbocycles. The minimum absolute atomic E-state index is 0.0703. The van der Waals surface area contributed by atoms with Crippen LogP contribution in [0.2, 0.25) is 0 Å². The number of sulfonamides is 1. The summed E-state index contributed by atoms with van der Waals surface area (Å²) in [7, 11) is -2.95. The molecule has 2 aliphatic rings. The molecule has 2 rings (SSSR count). The van der Waals surface area contributed by atoms with Crippen molar-refractivity contribution in [3.05, 3.63) is 0 Å². The van der Waals surface area contributed by atoms with E-state index in [1.54, 1.807) is 4.31 Å². The average molecular weight is 218 g/mol. The van der Waals surface area contributed by atoms with Gasteiger partial charge in [0.05, 0.1) is 5.25 Å². The Morgan fingerprint density at radius 3 is 2.57 bits per heavy atom. The normalized spacial score (nSPS) is 30.5. The van der Waals surface area contributed by atoms with E-state index in [0.29, 0.717) is 25.6 Å². The Hall–Kier alpha value is -0.130. The highest BCUT2D eigenvalue weighted by Crippen LogP contribution is 2.32. The molecule has 1 atom stereocenters. The minimum atomic E-state index is -2.95. The second-order valence-electron chi connectivity index (χ2n) is 4.35. The molecule has 0 amide bonds. The fraction of sp³-hybridized carbons (Fsp3) is 1.00. The number of piperidine rings is 1. The Balaban J connectivity index is 2.03. The van der Waals surface area contributed by atoms with Gasteiger partial charge in [-0.05, 0) is 38.1 Å². The fourth-order valence-electron chi connectivity index (χ4n) is 2.03. The van der Waals surface area contributed by atoms with Crippen molar-refractivity contribution < 1.29 is 8.42 Å². The molecule has 2 fully saturated rings. The Morgan fingerprint density at radius 1 is 1.29 bits per heavy atom. The first kappa shape index (κ1) is 10.4. The zero-order valence-corrected chi connectivity index (χ0v) is 9.17. The van der Waals surface area contributed by atoms with Crippen molar-refractivity contribution in [3.8, 4) is 0 Å². The standard InChI is InChI=1S/C9H18N2O2S/c10-6-8-2-1-5-11(7-8)14(12,13)9-3-4-9/h8-9H,1-7,10H2. The van der Waals surface area contributed by atoms with Crippen molar-refractivity contribution in [3.63, 3.8) is 0 Å². The highest BCUT2D eigenvalue weighted by Gasteiger charge is 2.41. The molecule has 0 spiro atoms. The summed E-state index contributed by atoms with van der Waals surface area (Å²) in [6, 6.07) is 0. The molecule has 0 bridgehead atoms. The van der Waals surface area contributed by atoms with Crippen LogP contribution >= 0.6 is 0 Å². The van der Waals surface area contributed by atoms with Crippen LogP contribution in [0, 0.1) is 5.92 Å². The molecule has 2 N–H and O–H groups in total. The average Bonchev–Trinajstić information content (AvgIpc) is 3.01. The van der Waals surface area contributed by atoms with Gasteiger partial charge < -0.3 is 5.73 Å². The van der Waals surface area contributed by atoms with Gasteiger partial charge >= 0.3 is 0 Å². The largest absolute Gasteiger partial charge is 0.330 e. The van der Waals surface area contributed by atoms with Gasteiger partial charge in [-0.2, -0.15) is 0 Å². The molecule has 82 valence electrons. The second kappa shape index (κ2) is 3.79. The smallest absolute Gasteiger partial charge is 0.216 e. The van der Waals surface area contributed by atoms with E-state index in [-0.39, 0.29) is 5.25 Å². The third-order valence-electron chi connectivity index (χ3n) is 3.12. The van der Waals surface area contributed by atoms with Crippen molar-refractivity contribution >= 4 is 10.0 Å². The van der Waals surface area contributed by atoms with E-state index in [1.165, 1.54) is 0 Å². The van der Waals surface area contributed by atoms with Crippen molar-refractivity contribution in [2.24, 2.45) is 11.7 Å². The molecule has 1 aliphatic carbocycles. The lowest BCUT2D eigenvalue weighted by molar-refractivity contribution is 0.271. The summed E-state index contributed by atoms with van der Waals surface area (Å²) in [5, 5.41) is -0.0703. The van der Waals surface area contributed by atoms with E-state index in [9.17, 15) is 8.42 Å². The number of rotatable bonds is 3. The number of nitrogens with two attached hydrogens (primary N) is 1. The van der Waals surface area contributed by atoms with Gasteiger partial charge in [-0.3, -0.25) is 0 Å². The van der Waals surface area contributed by atoms with Crippen LogP contribution in [0.15, 0.2) is 0 Å². The summed E-state index contributed by atoms with van der Waals surface area (Å²) < 4.78 is 25.4. The molecule has 0 aromatic heterocycles. The minimum Gasteiger partial charge on any atom is -0.330 e. The number of nitrogens with zero attached hydrogens (tertiary/aromatic N) is 1. The van der Waals surface area contributed by atoms with E-state index < -0.39 is 10.0 Å². The van der Waals surface area contributed by atoms with E-state index in [0.717, 1.165) is 25.7 Å². The van der Waals surface area contributed by atoms with Crippen molar-refractivity contribution in [1.82, 2.24) is 4.31 Å². The summed E-state index contributed by atoms with van der Waals surface area (Å²) >= 11 is 0. The van der Waals surface area contributed by atoms with Crippen molar-refractivity contribution in [1.29, 1.82) is 0 Å². The molecule has 1 saturated heterocycles. The lowest BCUT2D eigenvalue weighted by atomic mass is 10.0. The first-order chi connectivity index (χ1) is 6.64. The van der Waals surface area contributed by atoms with Gasteiger partial charge in [0.2, 0.25) is 10.0 Å². The van der Waals surface area contributed by atoms with Crippen molar-refractivity contribution in [2.45, 2.75) is 30.9 Å². The molecule has 14 heavy (non-hydrogen) atoms. The summed E-state index contributed by atoms with van der Waals surface area (Å²) in [6.07, 6.45) is 3.75. The molecule has 1 saturated carbocycles. The first-order valence-corrected chi connectivity index (χ1v) is 6.84. The molecule has 5 heteroatoms. The van der Waals surface area contributed by atoms with Gasteiger partial charge in [0.25, 0.3) is 0 Å². The molecule has 0 aromatic rings. The van der Waals surface area contributed by atoms with Gasteiger partial charge in [-0.25, -0.2) is 12.7 Å². The quantitative estimate of drug-likeness (QED) is 0.733. The van der Waals surface area contributed by atoms with Crippen molar-refractivity contribution in [2.75, 3.05) is 19.6 Å².